The third-order valence-corrected chi connectivity index (χ3v) is 7.01. The molecule has 3 heterocycles. The summed E-state index contributed by atoms with van der Waals surface area (Å²) in [6.07, 6.45) is 3.06. The lowest BCUT2D eigenvalue weighted by atomic mass is 9.84. The van der Waals surface area contributed by atoms with Gasteiger partial charge in [-0.05, 0) is 60.9 Å². The summed E-state index contributed by atoms with van der Waals surface area (Å²) < 4.78 is 47.4. The van der Waals surface area contributed by atoms with E-state index in [4.69, 9.17) is 4.74 Å². The fourth-order valence-electron chi connectivity index (χ4n) is 4.37. The first-order valence-electron chi connectivity index (χ1n) is 9.45. The molecule has 0 N–H and O–H groups in total. The second-order valence-electron chi connectivity index (χ2n) is 8.31. The normalized spacial score (nSPS) is 16.9. The van der Waals surface area contributed by atoms with Gasteiger partial charge in [0.25, 0.3) is 0 Å². The van der Waals surface area contributed by atoms with Crippen molar-refractivity contribution in [2.75, 3.05) is 19.5 Å². The van der Waals surface area contributed by atoms with E-state index in [0.29, 0.717) is 41.3 Å². The summed E-state index contributed by atoms with van der Waals surface area (Å²) >= 11 is 0. The fraction of sp³-hybridized carbons (Fsp3) is 0.348. The SMILES string of the molecule is C.Cc1cc(-n2c(C3(C)COC3)c(S(C)(=O)=O)c3cc4c(cc32)C=NC4)ccc1F. The summed E-state index contributed by atoms with van der Waals surface area (Å²) in [6, 6.07) is 8.80. The van der Waals surface area contributed by atoms with Gasteiger partial charge in [-0.2, -0.15) is 0 Å². The number of ether oxygens (including phenoxy) is 1. The Morgan fingerprint density at radius 3 is 2.53 bits per heavy atom. The average Bonchev–Trinajstić information content (AvgIpc) is 3.21. The third-order valence-electron chi connectivity index (χ3n) is 5.86. The molecule has 0 aliphatic carbocycles. The third kappa shape index (κ3) is 2.91. The van der Waals surface area contributed by atoms with Crippen molar-refractivity contribution in [3.63, 3.8) is 0 Å². The van der Waals surface area contributed by atoms with Crippen molar-refractivity contribution in [2.24, 2.45) is 4.99 Å². The molecule has 0 unspecified atom stereocenters. The predicted octanol–water partition coefficient (Wildman–Crippen LogP) is 4.34. The van der Waals surface area contributed by atoms with Crippen LogP contribution >= 0.6 is 0 Å². The summed E-state index contributed by atoms with van der Waals surface area (Å²) in [5.74, 6) is -0.290. The monoisotopic (exact) mass is 428 g/mol. The predicted molar refractivity (Wildman–Crippen MR) is 117 cm³/mol. The molecule has 0 atom stereocenters. The van der Waals surface area contributed by atoms with E-state index >= 15 is 0 Å². The van der Waals surface area contributed by atoms with Crippen molar-refractivity contribution in [1.82, 2.24) is 4.57 Å². The van der Waals surface area contributed by atoms with E-state index in [0.717, 1.165) is 22.3 Å². The second kappa shape index (κ2) is 6.75. The largest absolute Gasteiger partial charge is 0.379 e. The number of aliphatic imine (C=N–C) groups is 1. The molecule has 3 aromatic rings. The molecular formula is C23H25FN2O3S. The quantitative estimate of drug-likeness (QED) is 0.624. The Kier molecular flexibility index (Phi) is 4.67. The fourth-order valence-corrected chi connectivity index (χ4v) is 5.62. The number of sulfone groups is 1. The van der Waals surface area contributed by atoms with Gasteiger partial charge in [0.15, 0.2) is 9.84 Å². The molecule has 2 aromatic carbocycles. The van der Waals surface area contributed by atoms with Crippen molar-refractivity contribution in [3.8, 4) is 5.69 Å². The molecule has 30 heavy (non-hydrogen) atoms. The molecule has 5 rings (SSSR count). The van der Waals surface area contributed by atoms with Crippen molar-refractivity contribution in [3.05, 3.63) is 58.5 Å². The number of aryl methyl sites for hydroxylation is 1. The van der Waals surface area contributed by atoms with Crippen LogP contribution in [0.15, 0.2) is 40.2 Å². The van der Waals surface area contributed by atoms with Crippen LogP contribution in [0, 0.1) is 12.7 Å². The second-order valence-corrected chi connectivity index (χ2v) is 10.3. The molecule has 0 bridgehead atoms. The Balaban J connectivity index is 0.00000218. The lowest BCUT2D eigenvalue weighted by Crippen LogP contribution is -2.46. The number of hydrogen-bond acceptors (Lipinski definition) is 4. The van der Waals surface area contributed by atoms with Gasteiger partial charge in [0, 0.05) is 23.5 Å². The van der Waals surface area contributed by atoms with Crippen molar-refractivity contribution in [1.29, 1.82) is 0 Å². The van der Waals surface area contributed by atoms with Crippen LogP contribution in [0.1, 0.15) is 36.7 Å². The zero-order valence-electron chi connectivity index (χ0n) is 16.5. The van der Waals surface area contributed by atoms with Gasteiger partial charge >= 0.3 is 0 Å². The average molecular weight is 429 g/mol. The summed E-state index contributed by atoms with van der Waals surface area (Å²) in [5, 5.41) is 0.682. The summed E-state index contributed by atoms with van der Waals surface area (Å²) in [4.78, 5) is 4.65. The lowest BCUT2D eigenvalue weighted by Gasteiger charge is -2.39. The van der Waals surface area contributed by atoms with Crippen molar-refractivity contribution in [2.45, 2.75) is 38.1 Å². The van der Waals surface area contributed by atoms with Crippen molar-refractivity contribution >= 4 is 27.0 Å². The van der Waals surface area contributed by atoms with Crippen LogP contribution in [-0.4, -0.2) is 38.7 Å². The van der Waals surface area contributed by atoms with Gasteiger partial charge in [-0.3, -0.25) is 4.99 Å². The first-order valence-corrected chi connectivity index (χ1v) is 11.3. The van der Waals surface area contributed by atoms with E-state index in [9.17, 15) is 12.8 Å². The Hall–Kier alpha value is -2.51. The van der Waals surface area contributed by atoms with Gasteiger partial charge in [-0.25, -0.2) is 12.8 Å². The Morgan fingerprint density at radius 1 is 1.20 bits per heavy atom. The first-order chi connectivity index (χ1) is 13.7. The minimum absolute atomic E-state index is 0. The van der Waals surface area contributed by atoms with Crippen LogP contribution in [0.5, 0.6) is 0 Å². The Morgan fingerprint density at radius 2 is 1.93 bits per heavy atom. The minimum atomic E-state index is -3.53. The van der Waals surface area contributed by atoms with Crippen LogP contribution in [-0.2, 0) is 26.5 Å². The number of rotatable bonds is 3. The van der Waals surface area contributed by atoms with Gasteiger partial charge < -0.3 is 9.30 Å². The lowest BCUT2D eigenvalue weighted by molar-refractivity contribution is -0.0540. The molecule has 0 amide bonds. The van der Waals surface area contributed by atoms with Gasteiger partial charge in [0.1, 0.15) is 5.82 Å². The number of fused-ring (bicyclic) bond motifs is 2. The highest BCUT2D eigenvalue weighted by Crippen LogP contribution is 2.44. The van der Waals surface area contributed by atoms with Crippen LogP contribution in [0.2, 0.25) is 0 Å². The van der Waals surface area contributed by atoms with E-state index in [2.05, 4.69) is 4.99 Å². The highest BCUT2D eigenvalue weighted by Gasteiger charge is 2.43. The molecule has 0 spiro atoms. The Labute approximate surface area is 176 Å². The topological polar surface area (TPSA) is 60.7 Å². The Bertz CT molecular complexity index is 1320. The van der Waals surface area contributed by atoms with Crippen LogP contribution < -0.4 is 0 Å². The molecule has 2 aliphatic heterocycles. The number of hydrogen-bond donors (Lipinski definition) is 0. The molecule has 1 saturated heterocycles. The van der Waals surface area contributed by atoms with E-state index in [1.807, 2.05) is 29.8 Å². The zero-order valence-corrected chi connectivity index (χ0v) is 17.3. The van der Waals surface area contributed by atoms with E-state index < -0.39 is 15.3 Å². The van der Waals surface area contributed by atoms with Crippen LogP contribution in [0.3, 0.4) is 0 Å². The molecule has 0 saturated carbocycles. The van der Waals surface area contributed by atoms with Crippen molar-refractivity contribution < 1.29 is 17.5 Å². The molecule has 5 nitrogen and oxygen atoms in total. The maximum atomic E-state index is 14.0. The molecule has 0 radical (unpaired) electrons. The number of benzene rings is 2. The minimum Gasteiger partial charge on any atom is -0.379 e. The molecule has 158 valence electrons. The number of halogens is 1. The molecule has 2 aliphatic rings. The zero-order chi connectivity index (χ0) is 20.6. The van der Waals surface area contributed by atoms with E-state index in [1.165, 1.54) is 12.3 Å². The molecular weight excluding hydrogens is 403 g/mol. The van der Waals surface area contributed by atoms with Gasteiger partial charge in [-0.1, -0.05) is 7.43 Å². The summed E-state index contributed by atoms with van der Waals surface area (Å²) in [5.41, 5.74) is 4.28. The molecule has 1 fully saturated rings. The van der Waals surface area contributed by atoms with Gasteiger partial charge in [0.2, 0.25) is 0 Å². The van der Waals surface area contributed by atoms with Gasteiger partial charge in [0.05, 0.1) is 41.3 Å². The molecule has 1 aromatic heterocycles. The van der Waals surface area contributed by atoms with Crippen LogP contribution in [0.4, 0.5) is 4.39 Å². The highest BCUT2D eigenvalue weighted by molar-refractivity contribution is 7.91. The summed E-state index contributed by atoms with van der Waals surface area (Å²) in [6.45, 7) is 5.15. The number of nitrogens with zero attached hydrogens (tertiary/aromatic N) is 2. The smallest absolute Gasteiger partial charge is 0.177 e. The summed E-state index contributed by atoms with van der Waals surface area (Å²) in [7, 11) is -3.53. The maximum Gasteiger partial charge on any atom is 0.177 e. The highest BCUT2D eigenvalue weighted by atomic mass is 32.2. The maximum absolute atomic E-state index is 14.0. The van der Waals surface area contributed by atoms with Crippen LogP contribution in [0.25, 0.3) is 16.6 Å². The van der Waals surface area contributed by atoms with Gasteiger partial charge in [-0.15, -0.1) is 0 Å². The first kappa shape index (κ1) is 20.8. The standard InChI is InChI=1S/C22H21FN2O3S.CH4/c1-13-6-16(4-5-18(13)23)25-19-8-15-10-24-9-14(15)7-17(19)20(29(3,26)27)21(25)22(2)11-28-12-22;/h4-8,10H,9,11-12H2,1-3H3;1H4. The van der Waals surface area contributed by atoms with E-state index in [1.54, 1.807) is 19.1 Å². The van der Waals surface area contributed by atoms with E-state index in [-0.39, 0.29) is 13.2 Å². The number of aromatic nitrogens is 1. The molecule has 7 heteroatoms.